The maximum Gasteiger partial charge on any atom is 0.221 e. The first-order valence-electron chi connectivity index (χ1n) is 5.96. The number of rotatable bonds is 7. The summed E-state index contributed by atoms with van der Waals surface area (Å²) in [6.45, 7) is 1.96. The molecule has 1 amide bonds. The number of furan rings is 1. The fourth-order valence-corrected chi connectivity index (χ4v) is 1.61. The molecule has 0 spiro atoms. The number of amidine groups is 1. The Hall–Kier alpha value is -1.98. The summed E-state index contributed by atoms with van der Waals surface area (Å²) in [7, 11) is 0. The molecule has 100 valence electrons. The summed E-state index contributed by atoms with van der Waals surface area (Å²) in [6, 6.07) is 3.19. The molecule has 1 atom stereocenters. The second-order valence-electron chi connectivity index (χ2n) is 4.01. The Morgan fingerprint density at radius 3 is 3.00 bits per heavy atom. The van der Waals surface area contributed by atoms with Gasteiger partial charge in [-0.2, -0.15) is 0 Å². The van der Waals surface area contributed by atoms with Gasteiger partial charge in [-0.15, -0.1) is 0 Å². The molecule has 1 heterocycles. The van der Waals surface area contributed by atoms with E-state index < -0.39 is 6.04 Å². The normalized spacial score (nSPS) is 13.3. The van der Waals surface area contributed by atoms with E-state index in [-0.39, 0.29) is 11.7 Å². The molecule has 0 saturated carbocycles. The van der Waals surface area contributed by atoms with Gasteiger partial charge in [-0.05, 0) is 18.6 Å². The van der Waals surface area contributed by atoms with E-state index in [1.54, 1.807) is 12.3 Å². The van der Waals surface area contributed by atoms with Gasteiger partial charge in [-0.1, -0.05) is 18.5 Å². The van der Waals surface area contributed by atoms with Crippen molar-refractivity contribution in [3.05, 3.63) is 24.2 Å². The highest BCUT2D eigenvalue weighted by molar-refractivity contribution is 5.89. The molecule has 1 rings (SSSR count). The van der Waals surface area contributed by atoms with Gasteiger partial charge in [-0.25, -0.2) is 0 Å². The van der Waals surface area contributed by atoms with Gasteiger partial charge in [0, 0.05) is 12.8 Å². The van der Waals surface area contributed by atoms with Gasteiger partial charge in [0.05, 0.1) is 12.3 Å². The molecule has 6 heteroatoms. The van der Waals surface area contributed by atoms with E-state index in [2.05, 4.69) is 10.5 Å². The Kier molecular flexibility index (Phi) is 5.76. The summed E-state index contributed by atoms with van der Waals surface area (Å²) < 4.78 is 5.14. The van der Waals surface area contributed by atoms with Crippen LogP contribution in [0.2, 0.25) is 0 Å². The third-order valence-electron chi connectivity index (χ3n) is 2.56. The van der Waals surface area contributed by atoms with Crippen LogP contribution in [0.15, 0.2) is 28.0 Å². The Labute approximate surface area is 106 Å². The van der Waals surface area contributed by atoms with Crippen molar-refractivity contribution in [2.24, 2.45) is 10.9 Å². The number of hydrogen-bond donors (Lipinski definition) is 3. The van der Waals surface area contributed by atoms with Crippen molar-refractivity contribution in [3.8, 4) is 0 Å². The summed E-state index contributed by atoms with van der Waals surface area (Å²) in [4.78, 5) is 11.7. The van der Waals surface area contributed by atoms with Gasteiger partial charge in [0.15, 0.2) is 5.84 Å². The van der Waals surface area contributed by atoms with Gasteiger partial charge >= 0.3 is 0 Å². The second-order valence-corrected chi connectivity index (χ2v) is 4.01. The number of hydrogen-bond acceptors (Lipinski definition) is 4. The van der Waals surface area contributed by atoms with Crippen LogP contribution in [-0.4, -0.2) is 23.0 Å². The Balaban J connectivity index is 2.41. The lowest BCUT2D eigenvalue weighted by molar-refractivity contribution is -0.121. The minimum atomic E-state index is -0.413. The van der Waals surface area contributed by atoms with Crippen LogP contribution in [-0.2, 0) is 11.2 Å². The molecule has 18 heavy (non-hydrogen) atoms. The first-order valence-corrected chi connectivity index (χ1v) is 5.96. The third-order valence-corrected chi connectivity index (χ3v) is 2.56. The Morgan fingerprint density at radius 2 is 2.44 bits per heavy atom. The van der Waals surface area contributed by atoms with E-state index >= 15 is 0 Å². The standard InChI is InChI=1S/C12H19N3O3/c1-2-4-10(12(13)15-17)14-11(16)7-6-9-5-3-8-18-9/h3,5,8,10,17H,2,4,6-7H2,1H3,(H2,13,15)(H,14,16). The van der Waals surface area contributed by atoms with Gasteiger partial charge in [0.25, 0.3) is 0 Å². The molecular weight excluding hydrogens is 234 g/mol. The molecule has 0 aliphatic rings. The van der Waals surface area contributed by atoms with Crippen LogP contribution in [0.5, 0.6) is 0 Å². The van der Waals surface area contributed by atoms with Crippen LogP contribution in [0.4, 0.5) is 0 Å². The molecular formula is C12H19N3O3. The lowest BCUT2D eigenvalue weighted by atomic mass is 10.1. The number of carbonyl (C=O) groups excluding carboxylic acids is 1. The quantitative estimate of drug-likeness (QED) is 0.294. The fourth-order valence-electron chi connectivity index (χ4n) is 1.61. The molecule has 0 aliphatic heterocycles. The molecule has 0 radical (unpaired) electrons. The van der Waals surface area contributed by atoms with Gasteiger partial charge in [0.2, 0.25) is 5.91 Å². The summed E-state index contributed by atoms with van der Waals surface area (Å²) in [6.07, 6.45) is 3.89. The zero-order chi connectivity index (χ0) is 13.4. The SMILES string of the molecule is CCCC(NC(=O)CCc1ccco1)/C(N)=N/O. The van der Waals surface area contributed by atoms with E-state index in [4.69, 9.17) is 15.4 Å². The molecule has 0 aliphatic carbocycles. The number of oxime groups is 1. The Morgan fingerprint density at radius 1 is 1.67 bits per heavy atom. The minimum Gasteiger partial charge on any atom is -0.469 e. The zero-order valence-corrected chi connectivity index (χ0v) is 10.4. The monoisotopic (exact) mass is 253 g/mol. The van der Waals surface area contributed by atoms with Crippen LogP contribution >= 0.6 is 0 Å². The van der Waals surface area contributed by atoms with Crippen molar-refractivity contribution in [1.82, 2.24) is 5.32 Å². The summed E-state index contributed by atoms with van der Waals surface area (Å²) in [5.74, 6) is 0.653. The highest BCUT2D eigenvalue weighted by Gasteiger charge is 2.15. The molecule has 0 aromatic carbocycles. The van der Waals surface area contributed by atoms with Gasteiger partial charge < -0.3 is 20.7 Å². The zero-order valence-electron chi connectivity index (χ0n) is 10.4. The number of nitrogens with two attached hydrogens (primary N) is 1. The van der Waals surface area contributed by atoms with E-state index in [1.807, 2.05) is 13.0 Å². The lowest BCUT2D eigenvalue weighted by Gasteiger charge is -2.16. The second kappa shape index (κ2) is 7.37. The molecule has 1 aromatic rings. The fraction of sp³-hybridized carbons (Fsp3) is 0.500. The van der Waals surface area contributed by atoms with Crippen LogP contribution in [0, 0.1) is 0 Å². The van der Waals surface area contributed by atoms with Crippen molar-refractivity contribution in [2.75, 3.05) is 0 Å². The first-order chi connectivity index (χ1) is 8.67. The maximum absolute atomic E-state index is 11.7. The largest absolute Gasteiger partial charge is 0.469 e. The topological polar surface area (TPSA) is 101 Å². The van der Waals surface area contributed by atoms with Crippen LogP contribution in [0.3, 0.4) is 0 Å². The number of carbonyl (C=O) groups is 1. The van der Waals surface area contributed by atoms with Crippen LogP contribution in [0.25, 0.3) is 0 Å². The molecule has 1 aromatic heterocycles. The number of nitrogens with one attached hydrogen (secondary N) is 1. The van der Waals surface area contributed by atoms with Crippen LogP contribution < -0.4 is 11.1 Å². The van der Waals surface area contributed by atoms with E-state index in [0.29, 0.717) is 19.3 Å². The predicted molar refractivity (Wildman–Crippen MR) is 67.3 cm³/mol. The summed E-state index contributed by atoms with van der Waals surface area (Å²) in [5, 5.41) is 14.3. The highest BCUT2D eigenvalue weighted by Crippen LogP contribution is 2.04. The van der Waals surface area contributed by atoms with Crippen LogP contribution in [0.1, 0.15) is 31.9 Å². The summed E-state index contributed by atoms with van der Waals surface area (Å²) in [5.41, 5.74) is 5.51. The molecule has 0 fully saturated rings. The molecule has 6 nitrogen and oxygen atoms in total. The van der Waals surface area contributed by atoms with Crippen molar-refractivity contribution in [3.63, 3.8) is 0 Å². The smallest absolute Gasteiger partial charge is 0.221 e. The van der Waals surface area contributed by atoms with Gasteiger partial charge in [-0.3, -0.25) is 4.79 Å². The van der Waals surface area contributed by atoms with Crippen molar-refractivity contribution in [2.45, 2.75) is 38.6 Å². The van der Waals surface area contributed by atoms with Crippen molar-refractivity contribution in [1.29, 1.82) is 0 Å². The predicted octanol–water partition coefficient (Wildman–Crippen LogP) is 1.24. The molecule has 0 bridgehead atoms. The van der Waals surface area contributed by atoms with Crippen molar-refractivity contribution < 1.29 is 14.4 Å². The average molecular weight is 253 g/mol. The number of amides is 1. The Bertz CT molecular complexity index is 387. The van der Waals surface area contributed by atoms with Gasteiger partial charge in [0.1, 0.15) is 5.76 Å². The highest BCUT2D eigenvalue weighted by atomic mass is 16.4. The average Bonchev–Trinajstić information content (AvgIpc) is 2.88. The number of nitrogens with zero attached hydrogens (tertiary/aromatic N) is 1. The van der Waals surface area contributed by atoms with Crippen molar-refractivity contribution >= 4 is 11.7 Å². The molecule has 1 unspecified atom stereocenters. The maximum atomic E-state index is 11.7. The minimum absolute atomic E-state index is 0.0307. The molecule has 4 N–H and O–H groups in total. The first kappa shape index (κ1) is 14.1. The third kappa shape index (κ3) is 4.48. The summed E-state index contributed by atoms with van der Waals surface area (Å²) >= 11 is 0. The lowest BCUT2D eigenvalue weighted by Crippen LogP contribution is -2.44. The molecule has 0 saturated heterocycles. The van der Waals surface area contributed by atoms with E-state index in [0.717, 1.165) is 12.2 Å². The van der Waals surface area contributed by atoms with E-state index in [1.165, 1.54) is 0 Å². The van der Waals surface area contributed by atoms with E-state index in [9.17, 15) is 4.79 Å². The number of aryl methyl sites for hydroxylation is 1.